The van der Waals surface area contributed by atoms with Crippen LogP contribution in [-0.4, -0.2) is 24.6 Å². The molecule has 13 heavy (non-hydrogen) atoms. The summed E-state index contributed by atoms with van der Waals surface area (Å²) in [6.07, 6.45) is 0. The van der Waals surface area contributed by atoms with E-state index >= 15 is 0 Å². The molecule has 0 aliphatic carbocycles. The zero-order valence-electron chi connectivity index (χ0n) is 6.34. The molecule has 0 heterocycles. The van der Waals surface area contributed by atoms with Crippen LogP contribution in [-0.2, 0) is 11.6 Å². The summed E-state index contributed by atoms with van der Waals surface area (Å²) >= 11 is -0.750. The van der Waals surface area contributed by atoms with Gasteiger partial charge in [0.2, 0.25) is 0 Å². The van der Waals surface area contributed by atoms with Gasteiger partial charge in [-0.3, -0.25) is 0 Å². The van der Waals surface area contributed by atoms with Crippen LogP contribution < -0.4 is 0 Å². The lowest BCUT2D eigenvalue weighted by atomic mass is 10.2. The third kappa shape index (κ3) is 4.02. The minimum absolute atomic E-state index is 0.0671. The quantitative estimate of drug-likeness (QED) is 0.688. The normalized spacial score (nSPS) is 8.00. The van der Waals surface area contributed by atoms with E-state index in [9.17, 15) is 4.79 Å². The van der Waals surface area contributed by atoms with Crippen molar-refractivity contribution in [1.82, 2.24) is 0 Å². The summed E-state index contributed by atoms with van der Waals surface area (Å²) in [7, 11) is 0. The SMILES string of the molecule is O=C(O)c1ccccc1O.O=S=O. The topological polar surface area (TPSA) is 91.7 Å². The van der Waals surface area contributed by atoms with Gasteiger partial charge in [0.1, 0.15) is 11.3 Å². The molecule has 0 saturated heterocycles. The summed E-state index contributed by atoms with van der Waals surface area (Å²) in [6, 6.07) is 5.81. The Bertz CT molecular complexity index is 329. The van der Waals surface area contributed by atoms with E-state index in [2.05, 4.69) is 0 Å². The number of benzene rings is 1. The zero-order chi connectivity index (χ0) is 10.3. The van der Waals surface area contributed by atoms with Crippen LogP contribution in [0.2, 0.25) is 0 Å². The average Bonchev–Trinajstić information content (AvgIpc) is 2.06. The molecule has 5 nitrogen and oxygen atoms in total. The van der Waals surface area contributed by atoms with Gasteiger partial charge in [0, 0.05) is 0 Å². The number of hydrogen-bond donors (Lipinski definition) is 2. The van der Waals surface area contributed by atoms with E-state index in [0.717, 1.165) is 0 Å². The Kier molecular flexibility index (Phi) is 5.13. The van der Waals surface area contributed by atoms with E-state index in [0.29, 0.717) is 0 Å². The molecule has 0 fully saturated rings. The molecule has 1 aromatic rings. The van der Waals surface area contributed by atoms with Gasteiger partial charge in [-0.2, -0.15) is 8.42 Å². The molecule has 0 aliphatic heterocycles. The van der Waals surface area contributed by atoms with Crippen molar-refractivity contribution < 1.29 is 23.4 Å². The van der Waals surface area contributed by atoms with Gasteiger partial charge in [-0.05, 0) is 12.1 Å². The van der Waals surface area contributed by atoms with Gasteiger partial charge < -0.3 is 10.2 Å². The fraction of sp³-hybridized carbons (Fsp3) is 0. The first kappa shape index (κ1) is 11.3. The van der Waals surface area contributed by atoms with Crippen molar-refractivity contribution in [2.45, 2.75) is 0 Å². The van der Waals surface area contributed by atoms with Gasteiger partial charge in [-0.25, -0.2) is 4.79 Å². The third-order valence-corrected chi connectivity index (χ3v) is 1.13. The predicted molar refractivity (Wildman–Crippen MR) is 44.0 cm³/mol. The van der Waals surface area contributed by atoms with E-state index in [1.54, 1.807) is 12.1 Å². The minimum atomic E-state index is -1.11. The highest BCUT2D eigenvalue weighted by molar-refractivity contribution is 7.51. The van der Waals surface area contributed by atoms with Crippen LogP contribution in [0.5, 0.6) is 5.75 Å². The summed E-state index contributed by atoms with van der Waals surface area (Å²) in [5.41, 5.74) is -0.0671. The first-order valence-corrected chi connectivity index (χ1v) is 3.73. The summed E-state index contributed by atoms with van der Waals surface area (Å²) in [5.74, 6) is -1.31. The van der Waals surface area contributed by atoms with E-state index in [1.807, 2.05) is 0 Å². The second-order valence-electron chi connectivity index (χ2n) is 1.89. The minimum Gasteiger partial charge on any atom is -0.507 e. The first-order chi connectivity index (χ1) is 6.13. The van der Waals surface area contributed by atoms with Crippen molar-refractivity contribution in [3.05, 3.63) is 29.8 Å². The molecule has 0 unspecified atom stereocenters. The van der Waals surface area contributed by atoms with Crippen LogP contribution in [0.1, 0.15) is 10.4 Å². The molecule has 0 bridgehead atoms. The first-order valence-electron chi connectivity index (χ1n) is 3.06. The molecule has 0 saturated carbocycles. The number of hydrogen-bond acceptors (Lipinski definition) is 4. The number of aromatic hydroxyl groups is 1. The Labute approximate surface area is 77.2 Å². The van der Waals surface area contributed by atoms with Crippen LogP contribution in [0.15, 0.2) is 24.3 Å². The fourth-order valence-corrected chi connectivity index (χ4v) is 0.654. The van der Waals surface area contributed by atoms with Crippen molar-refractivity contribution >= 4 is 17.5 Å². The molecule has 2 N–H and O–H groups in total. The van der Waals surface area contributed by atoms with Crippen LogP contribution >= 0.6 is 0 Å². The molecule has 0 atom stereocenters. The van der Waals surface area contributed by atoms with E-state index in [4.69, 9.17) is 18.6 Å². The molecule has 70 valence electrons. The summed E-state index contributed by atoms with van der Waals surface area (Å²) in [6.45, 7) is 0. The predicted octanol–water partition coefficient (Wildman–Crippen LogP) is 0.420. The maximum atomic E-state index is 10.3. The highest BCUT2D eigenvalue weighted by Gasteiger charge is 2.05. The van der Waals surface area contributed by atoms with Gasteiger partial charge in [0.05, 0.1) is 0 Å². The summed E-state index contributed by atoms with van der Waals surface area (Å²) < 4.78 is 16.6. The van der Waals surface area contributed by atoms with Crippen molar-refractivity contribution in [3.63, 3.8) is 0 Å². The zero-order valence-corrected chi connectivity index (χ0v) is 7.15. The number of carbonyl (C=O) groups is 1. The van der Waals surface area contributed by atoms with Crippen molar-refractivity contribution in [1.29, 1.82) is 0 Å². The number of para-hydroxylation sites is 1. The Morgan fingerprint density at radius 1 is 1.23 bits per heavy atom. The third-order valence-electron chi connectivity index (χ3n) is 1.13. The second-order valence-corrected chi connectivity index (χ2v) is 2.03. The standard InChI is InChI=1S/C7H6O3.O2S/c8-6-4-2-1-3-5(6)7(9)10;1-3-2/h1-4,8H,(H,9,10);. The summed E-state index contributed by atoms with van der Waals surface area (Å²) in [4.78, 5) is 10.3. The van der Waals surface area contributed by atoms with Crippen LogP contribution in [0.3, 0.4) is 0 Å². The highest BCUT2D eigenvalue weighted by Crippen LogP contribution is 2.14. The van der Waals surface area contributed by atoms with Crippen LogP contribution in [0.25, 0.3) is 0 Å². The Morgan fingerprint density at radius 3 is 2.00 bits per heavy atom. The van der Waals surface area contributed by atoms with Crippen LogP contribution in [0, 0.1) is 0 Å². The Morgan fingerprint density at radius 2 is 1.69 bits per heavy atom. The van der Waals surface area contributed by atoms with Gasteiger partial charge in [0.25, 0.3) is 0 Å². The molecule has 0 radical (unpaired) electrons. The number of carboxylic acids is 1. The van der Waals surface area contributed by atoms with E-state index < -0.39 is 17.5 Å². The van der Waals surface area contributed by atoms with Gasteiger partial charge in [-0.15, -0.1) is 0 Å². The summed E-state index contributed by atoms with van der Waals surface area (Å²) in [5, 5.41) is 17.3. The van der Waals surface area contributed by atoms with Gasteiger partial charge in [0.15, 0.2) is 0 Å². The van der Waals surface area contributed by atoms with Crippen molar-refractivity contribution in [2.75, 3.05) is 0 Å². The second kappa shape index (κ2) is 5.90. The Hall–Kier alpha value is -1.69. The molecule has 1 rings (SSSR count). The molecule has 0 amide bonds. The molecule has 0 spiro atoms. The number of phenols is 1. The van der Waals surface area contributed by atoms with Gasteiger partial charge >= 0.3 is 17.5 Å². The van der Waals surface area contributed by atoms with E-state index in [1.165, 1.54) is 12.1 Å². The number of aromatic carboxylic acids is 1. The molecule has 0 aliphatic rings. The number of rotatable bonds is 1. The lowest BCUT2D eigenvalue weighted by molar-refractivity contribution is 0.0693. The average molecular weight is 202 g/mol. The monoisotopic (exact) mass is 202 g/mol. The maximum Gasteiger partial charge on any atom is 0.339 e. The molecule has 1 aromatic carbocycles. The number of carboxylic acid groups (broad SMARTS) is 1. The smallest absolute Gasteiger partial charge is 0.339 e. The van der Waals surface area contributed by atoms with E-state index in [-0.39, 0.29) is 11.3 Å². The fourth-order valence-electron chi connectivity index (χ4n) is 0.654. The lowest BCUT2D eigenvalue weighted by Crippen LogP contribution is -1.95. The molecular formula is C7H6O5S. The lowest BCUT2D eigenvalue weighted by Gasteiger charge is -1.95. The largest absolute Gasteiger partial charge is 0.507 e. The Balaban J connectivity index is 0.000000424. The van der Waals surface area contributed by atoms with Crippen molar-refractivity contribution in [2.24, 2.45) is 0 Å². The highest BCUT2D eigenvalue weighted by atomic mass is 32.1. The molecule has 0 aromatic heterocycles. The van der Waals surface area contributed by atoms with Gasteiger partial charge in [-0.1, -0.05) is 12.1 Å². The van der Waals surface area contributed by atoms with Crippen LogP contribution in [0.4, 0.5) is 0 Å². The molecule has 6 heteroatoms. The van der Waals surface area contributed by atoms with Crippen molar-refractivity contribution in [3.8, 4) is 5.75 Å². The maximum absolute atomic E-state index is 10.3. The molecular weight excluding hydrogens is 196 g/mol.